The number of hydrogen-bond donors (Lipinski definition) is 0. The molecule has 0 aliphatic carbocycles. The van der Waals surface area contributed by atoms with Crippen LogP contribution in [0.3, 0.4) is 0 Å². The molecule has 0 amide bonds. The van der Waals surface area contributed by atoms with Crippen molar-refractivity contribution in [3.63, 3.8) is 0 Å². The Kier molecular flexibility index (Phi) is 5.90. The van der Waals surface area contributed by atoms with Gasteiger partial charge in [-0.15, -0.1) is 0 Å². The third kappa shape index (κ3) is 3.58. The van der Waals surface area contributed by atoms with E-state index in [1.165, 1.54) is 0 Å². The van der Waals surface area contributed by atoms with Crippen LogP contribution in [-0.4, -0.2) is 7.05 Å². The van der Waals surface area contributed by atoms with Crippen LogP contribution in [0.4, 0.5) is 0 Å². The lowest BCUT2D eigenvalue weighted by atomic mass is 11.6. The zero-order valence-corrected chi connectivity index (χ0v) is 7.23. The fraction of sp³-hybridized carbons (Fsp3) is 1.00. The second-order valence-electron chi connectivity index (χ2n) is 0.725. The Morgan fingerprint density at radius 3 is 1.86 bits per heavy atom. The van der Waals surface area contributed by atoms with Gasteiger partial charge < -0.3 is 8.62 Å². The number of hydrogen-bond acceptors (Lipinski definition) is 3. The fourth-order valence-electron chi connectivity index (χ4n) is 0.133. The van der Waals surface area contributed by atoms with Crippen molar-refractivity contribution in [3.8, 4) is 0 Å². The minimum atomic E-state index is -1.31. The average Bonchev–Trinajstić information content (AvgIpc) is 1.72. The molecule has 0 fully saturated rings. The summed E-state index contributed by atoms with van der Waals surface area (Å²) in [5, 5.41) is 0. The van der Waals surface area contributed by atoms with Gasteiger partial charge in [0.25, 0.3) is 0 Å². The van der Waals surface area contributed by atoms with Crippen LogP contribution in [-0.2, 0) is 8.62 Å². The third-order valence-electron chi connectivity index (χ3n) is 0.384. The maximum atomic E-state index is 4.66. The van der Waals surface area contributed by atoms with Gasteiger partial charge in [-0.2, -0.15) is 0 Å². The minimum Gasteiger partial charge on any atom is -0.309 e. The molecule has 0 saturated heterocycles. The van der Waals surface area contributed by atoms with Crippen molar-refractivity contribution in [2.75, 3.05) is 7.05 Å². The van der Waals surface area contributed by atoms with Gasteiger partial charge in [0.1, 0.15) is 0 Å². The second kappa shape index (κ2) is 5.15. The molecule has 0 spiro atoms. The molecule has 6 heteroatoms. The normalized spacial score (nSPS) is 9.71. The first-order valence-corrected chi connectivity index (χ1v) is 3.76. The summed E-state index contributed by atoms with van der Waals surface area (Å²) < 4.78 is 13.1. The summed E-state index contributed by atoms with van der Waals surface area (Å²) >= 11 is 0. The Labute approximate surface area is 48.4 Å². The topological polar surface area (TPSA) is 30.8 Å². The maximum Gasteiger partial charge on any atom is 0.204 e. The Morgan fingerprint density at radius 2 is 1.86 bits per heavy atom. The van der Waals surface area contributed by atoms with Gasteiger partial charge in [0.15, 0.2) is 0 Å². The van der Waals surface area contributed by atoms with E-state index in [0.717, 1.165) is 0 Å². The molecule has 0 radical (unpaired) electrons. The molecule has 0 aromatic heterocycles. The lowest BCUT2D eigenvalue weighted by molar-refractivity contribution is 0.593. The quantitative estimate of drug-likeness (QED) is 0.571. The van der Waals surface area contributed by atoms with Crippen molar-refractivity contribution in [2.24, 2.45) is 4.74 Å². The van der Waals surface area contributed by atoms with E-state index in [4.69, 9.17) is 0 Å². The maximum absolute atomic E-state index is 4.66. The smallest absolute Gasteiger partial charge is 0.204 e. The van der Waals surface area contributed by atoms with Crippen molar-refractivity contribution < 1.29 is 8.62 Å². The summed E-state index contributed by atoms with van der Waals surface area (Å²) in [6.07, 6.45) is 0. The fourth-order valence-corrected chi connectivity index (χ4v) is 1.70. The van der Waals surface area contributed by atoms with Crippen molar-refractivity contribution >= 4 is 27.1 Å². The predicted molar refractivity (Wildman–Crippen MR) is 38.3 cm³/mol. The van der Waals surface area contributed by atoms with Crippen molar-refractivity contribution in [1.29, 1.82) is 0 Å². The molecule has 44 valence electrons. The summed E-state index contributed by atoms with van der Waals surface area (Å²) in [6.45, 7) is 0. The van der Waals surface area contributed by atoms with Crippen LogP contribution in [0.5, 0.6) is 0 Å². The van der Waals surface area contributed by atoms with E-state index in [9.17, 15) is 0 Å². The first kappa shape index (κ1) is 8.01. The van der Waals surface area contributed by atoms with E-state index in [0.29, 0.717) is 0 Å². The summed E-state index contributed by atoms with van der Waals surface area (Å²) in [6, 6.07) is 0. The van der Waals surface area contributed by atoms with Gasteiger partial charge in [-0.05, 0) is 0 Å². The molecular formula is CH8NO2P3. The molecule has 0 N–H and O–H groups in total. The predicted octanol–water partition coefficient (Wildman–Crippen LogP) is 1.46. The standard InChI is InChI=1S/CH8NO2P3/c1-2-7(3-5)4-6/h7H,5-6H2,1H3. The Hall–Kier alpha value is 1.01. The molecule has 0 rings (SSSR count). The van der Waals surface area contributed by atoms with E-state index in [1.54, 1.807) is 7.05 Å². The van der Waals surface area contributed by atoms with E-state index < -0.39 is 8.17 Å². The molecule has 3 nitrogen and oxygen atoms in total. The first-order chi connectivity index (χ1) is 3.35. The molecule has 0 aromatic rings. The van der Waals surface area contributed by atoms with E-state index in [-0.39, 0.29) is 0 Å². The van der Waals surface area contributed by atoms with Crippen LogP contribution in [0, 0.1) is 0 Å². The zero-order chi connectivity index (χ0) is 5.70. The Morgan fingerprint density at radius 1 is 1.43 bits per heavy atom. The molecule has 2 atom stereocenters. The Bertz CT molecular complexity index is 67.3. The SMILES string of the molecule is CN=[PH](OP)OP. The third-order valence-corrected chi connectivity index (χ3v) is 2.36. The lowest BCUT2D eigenvalue weighted by Crippen LogP contribution is -1.54. The molecule has 0 saturated carbocycles. The summed E-state index contributed by atoms with van der Waals surface area (Å²) in [7, 11) is 4.54. The highest BCUT2D eigenvalue weighted by Gasteiger charge is 1.82. The summed E-state index contributed by atoms with van der Waals surface area (Å²) in [5.41, 5.74) is 0. The molecule has 0 aliphatic rings. The first-order valence-electron chi connectivity index (χ1n) is 1.55. The molecule has 0 aliphatic heterocycles. The van der Waals surface area contributed by atoms with E-state index >= 15 is 0 Å². The van der Waals surface area contributed by atoms with E-state index in [2.05, 4.69) is 32.3 Å². The molecule has 0 aromatic carbocycles. The average molecular weight is 159 g/mol. The van der Waals surface area contributed by atoms with Crippen LogP contribution < -0.4 is 0 Å². The molecular weight excluding hydrogens is 151 g/mol. The van der Waals surface area contributed by atoms with Gasteiger partial charge in [0, 0.05) is 26.0 Å². The largest absolute Gasteiger partial charge is 0.309 e. The van der Waals surface area contributed by atoms with Crippen molar-refractivity contribution in [2.45, 2.75) is 0 Å². The van der Waals surface area contributed by atoms with Gasteiger partial charge >= 0.3 is 0 Å². The van der Waals surface area contributed by atoms with Crippen LogP contribution in [0.1, 0.15) is 0 Å². The number of nitrogens with zero attached hydrogens (tertiary/aromatic N) is 1. The second-order valence-corrected chi connectivity index (χ2v) is 3.59. The molecule has 2 unspecified atom stereocenters. The zero-order valence-electron chi connectivity index (χ0n) is 3.92. The monoisotopic (exact) mass is 159 g/mol. The number of rotatable bonds is 2. The lowest BCUT2D eigenvalue weighted by Gasteiger charge is -1.96. The van der Waals surface area contributed by atoms with Crippen LogP contribution in [0.25, 0.3) is 0 Å². The van der Waals surface area contributed by atoms with E-state index in [1.807, 2.05) is 0 Å². The van der Waals surface area contributed by atoms with Gasteiger partial charge in [0.2, 0.25) is 8.17 Å². The van der Waals surface area contributed by atoms with Crippen LogP contribution >= 0.6 is 27.1 Å². The van der Waals surface area contributed by atoms with Gasteiger partial charge in [-0.1, -0.05) is 0 Å². The highest BCUT2D eigenvalue weighted by atomic mass is 31.2. The molecule has 0 heterocycles. The van der Waals surface area contributed by atoms with Crippen molar-refractivity contribution in [3.05, 3.63) is 0 Å². The van der Waals surface area contributed by atoms with Crippen molar-refractivity contribution in [1.82, 2.24) is 0 Å². The van der Waals surface area contributed by atoms with Gasteiger partial charge in [0.05, 0.1) is 0 Å². The Balaban J connectivity index is 3.38. The summed E-state index contributed by atoms with van der Waals surface area (Å²) in [4.78, 5) is 0. The van der Waals surface area contributed by atoms with Crippen LogP contribution in [0.15, 0.2) is 4.74 Å². The van der Waals surface area contributed by atoms with Crippen LogP contribution in [0.2, 0.25) is 0 Å². The van der Waals surface area contributed by atoms with Gasteiger partial charge in [-0.3, -0.25) is 4.74 Å². The van der Waals surface area contributed by atoms with Gasteiger partial charge in [-0.25, -0.2) is 0 Å². The summed E-state index contributed by atoms with van der Waals surface area (Å²) in [5.74, 6) is 0. The highest BCUT2D eigenvalue weighted by Crippen LogP contribution is 2.32. The highest BCUT2D eigenvalue weighted by molar-refractivity contribution is 7.47. The molecule has 0 bridgehead atoms. The molecule has 7 heavy (non-hydrogen) atoms. The minimum absolute atomic E-state index is 1.31.